The number of hydrogen-bond donors (Lipinski definition) is 2. The van der Waals surface area contributed by atoms with Crippen molar-refractivity contribution in [2.24, 2.45) is 0 Å². The second-order valence-electron chi connectivity index (χ2n) is 18.9. The van der Waals surface area contributed by atoms with Gasteiger partial charge in [-0.3, -0.25) is 14.4 Å². The first-order chi connectivity index (χ1) is 34.2. The van der Waals surface area contributed by atoms with Crippen LogP contribution in [0.15, 0.2) is 163 Å². The summed E-state index contributed by atoms with van der Waals surface area (Å²) in [7, 11) is -5.35. The summed E-state index contributed by atoms with van der Waals surface area (Å²) in [5.41, 5.74) is 5.40. The molecule has 11 nitrogen and oxygen atoms in total. The maximum Gasteiger partial charge on any atom is 0.193 e. The van der Waals surface area contributed by atoms with Gasteiger partial charge >= 0.3 is 0 Å². The first kappa shape index (κ1) is 50.1. The summed E-state index contributed by atoms with van der Waals surface area (Å²) in [5.74, 6) is -3.39. The number of halogens is 2. The lowest BCUT2D eigenvalue weighted by Crippen LogP contribution is -2.42. The molecule has 7 aromatic carbocycles. The Morgan fingerprint density at radius 1 is 0.569 bits per heavy atom. The summed E-state index contributed by atoms with van der Waals surface area (Å²) in [6, 6.07) is 40.6. The van der Waals surface area contributed by atoms with Gasteiger partial charge in [-0.05, 0) is 165 Å². The standard InChI is InChI=1S/C58H52F2O11S/c1-57(2)67-33-48(70-57)24-17-43-31-44(19-30-53(43)69-47-25-27-50(28-26-47)72(64,65,66)35-49-34-68-58(3,4)71-49)56(63)52-32-42(36-5-9-38(10-6-36)54(61)40-13-20-45(59)21-14-40)18-29-51(52)37-7-11-39(12-8-37)55(62)41-15-22-46(60)23-16-41/h5-16,18-23,25-32,48-49H,17,24,33-35H2,1-4H3,(H2,64,65,66). The van der Waals surface area contributed by atoms with E-state index in [-0.39, 0.29) is 35.0 Å². The predicted molar refractivity (Wildman–Crippen MR) is 268 cm³/mol. The molecule has 7 aromatic rings. The zero-order valence-corrected chi connectivity index (χ0v) is 40.8. The van der Waals surface area contributed by atoms with Gasteiger partial charge in [-0.25, -0.2) is 13.0 Å². The molecule has 0 amide bonds. The van der Waals surface area contributed by atoms with Crippen LogP contribution in [0.1, 0.15) is 87.4 Å². The van der Waals surface area contributed by atoms with Crippen molar-refractivity contribution >= 4 is 27.0 Å². The Bertz CT molecular complexity index is 3240. The van der Waals surface area contributed by atoms with Gasteiger partial charge in [0.05, 0.1) is 36.1 Å². The lowest BCUT2D eigenvalue weighted by Gasteiger charge is -2.33. The maximum absolute atomic E-state index is 15.1. The highest BCUT2D eigenvalue weighted by Crippen LogP contribution is 2.38. The molecule has 14 heteroatoms. The summed E-state index contributed by atoms with van der Waals surface area (Å²) in [5, 5.41) is 0. The highest BCUT2D eigenvalue weighted by molar-refractivity contribution is 8.10. The van der Waals surface area contributed by atoms with E-state index in [1.807, 2.05) is 26.0 Å². The van der Waals surface area contributed by atoms with Crippen molar-refractivity contribution in [1.29, 1.82) is 0 Å². The van der Waals surface area contributed by atoms with E-state index in [2.05, 4.69) is 0 Å². The molecule has 2 fully saturated rings. The van der Waals surface area contributed by atoms with Crippen molar-refractivity contribution in [3.63, 3.8) is 0 Å². The van der Waals surface area contributed by atoms with Gasteiger partial charge in [0.1, 0.15) is 32.8 Å². The molecule has 72 heavy (non-hydrogen) atoms. The predicted octanol–water partition coefficient (Wildman–Crippen LogP) is 12.1. The number of carbonyl (C=O) groups excluding carboxylic acids is 3. The number of hydrogen-bond acceptors (Lipinski definition) is 9. The van der Waals surface area contributed by atoms with Gasteiger partial charge in [0, 0.05) is 33.4 Å². The molecule has 2 unspecified atom stereocenters. The smallest absolute Gasteiger partial charge is 0.193 e. The highest BCUT2D eigenvalue weighted by Gasteiger charge is 2.42. The van der Waals surface area contributed by atoms with E-state index in [1.165, 1.54) is 72.8 Å². The van der Waals surface area contributed by atoms with E-state index in [9.17, 15) is 31.7 Å². The number of ether oxygens (including phenoxy) is 5. The van der Waals surface area contributed by atoms with Gasteiger partial charge in [-0.1, -0.05) is 60.7 Å². The summed E-state index contributed by atoms with van der Waals surface area (Å²) in [4.78, 5) is 41.5. The van der Waals surface area contributed by atoms with Crippen LogP contribution >= 0.6 is 0 Å². The monoisotopic (exact) mass is 994 g/mol. The van der Waals surface area contributed by atoms with Crippen LogP contribution < -0.4 is 4.74 Å². The van der Waals surface area contributed by atoms with Crippen LogP contribution in [0.3, 0.4) is 0 Å². The van der Waals surface area contributed by atoms with Gasteiger partial charge < -0.3 is 32.8 Å². The fourth-order valence-electron chi connectivity index (χ4n) is 8.89. The van der Waals surface area contributed by atoms with Crippen LogP contribution in [0, 0.1) is 11.6 Å². The number of aryl methyl sites for hydroxylation is 1. The first-order valence-corrected chi connectivity index (χ1v) is 25.4. The molecule has 2 atom stereocenters. The molecule has 0 radical (unpaired) electrons. The molecule has 2 aliphatic heterocycles. The highest BCUT2D eigenvalue weighted by atomic mass is 32.3. The Morgan fingerprint density at radius 2 is 1.04 bits per heavy atom. The van der Waals surface area contributed by atoms with Crippen LogP contribution in [0.2, 0.25) is 0 Å². The summed E-state index contributed by atoms with van der Waals surface area (Å²) >= 11 is 0. The van der Waals surface area contributed by atoms with E-state index in [4.69, 9.17) is 23.7 Å². The van der Waals surface area contributed by atoms with Gasteiger partial charge in [0.25, 0.3) is 0 Å². The van der Waals surface area contributed by atoms with E-state index >= 15 is 4.79 Å². The minimum absolute atomic E-state index is 0.0424. The van der Waals surface area contributed by atoms with Crippen molar-refractivity contribution in [3.05, 3.63) is 208 Å². The van der Waals surface area contributed by atoms with E-state index in [1.54, 1.807) is 86.6 Å². The minimum Gasteiger partial charge on any atom is -0.457 e. The molecule has 0 aliphatic carbocycles. The number of ketones is 3. The SMILES string of the molecule is CC1(C)OCC(CCc2cc(C(=O)c3cc(-c4ccc(C(=O)c5ccc(F)cc5)cc4)ccc3-c3ccc(C(=O)c4ccc(F)cc4)cc3)ccc2Oc2ccc(S(=O)(O)(O)CC3COC(C)(C)O3)cc2)O1. The molecular formula is C58H52F2O11S. The van der Waals surface area contributed by atoms with Crippen LogP contribution in [0.4, 0.5) is 8.78 Å². The van der Waals surface area contributed by atoms with Gasteiger partial charge in [0.15, 0.2) is 28.9 Å². The van der Waals surface area contributed by atoms with Crippen molar-refractivity contribution in [3.8, 4) is 33.8 Å². The normalized spacial score (nSPS) is 17.8. The van der Waals surface area contributed by atoms with E-state index < -0.39 is 44.7 Å². The van der Waals surface area contributed by atoms with Crippen LogP contribution in [-0.4, -0.2) is 73.4 Å². The van der Waals surface area contributed by atoms with Crippen molar-refractivity contribution in [2.75, 3.05) is 19.0 Å². The third-order valence-electron chi connectivity index (χ3n) is 12.6. The molecule has 0 bridgehead atoms. The molecule has 2 heterocycles. The molecule has 2 N–H and O–H groups in total. The lowest BCUT2D eigenvalue weighted by molar-refractivity contribution is -0.138. The fraction of sp³-hybridized carbons (Fsp3) is 0.224. The first-order valence-electron chi connectivity index (χ1n) is 23.4. The minimum atomic E-state index is -5.35. The lowest BCUT2D eigenvalue weighted by atomic mass is 9.89. The second kappa shape index (κ2) is 19.6. The maximum atomic E-state index is 15.1. The van der Waals surface area contributed by atoms with Gasteiger partial charge in [0.2, 0.25) is 0 Å². The van der Waals surface area contributed by atoms with Crippen LogP contribution in [-0.2, 0) is 35.0 Å². The fourth-order valence-corrected chi connectivity index (χ4v) is 10.6. The second-order valence-corrected chi connectivity index (χ2v) is 21.8. The molecule has 0 spiro atoms. The van der Waals surface area contributed by atoms with Crippen molar-refractivity contribution in [2.45, 2.75) is 69.2 Å². The van der Waals surface area contributed by atoms with Crippen LogP contribution in [0.5, 0.6) is 11.5 Å². The molecule has 2 saturated heterocycles. The van der Waals surface area contributed by atoms with E-state index in [0.29, 0.717) is 86.6 Å². The Hall–Kier alpha value is -6.88. The Morgan fingerprint density at radius 3 is 1.56 bits per heavy atom. The largest absolute Gasteiger partial charge is 0.457 e. The molecule has 0 saturated carbocycles. The number of rotatable bonds is 16. The average Bonchev–Trinajstić information content (AvgIpc) is 3.90. The third-order valence-corrected chi connectivity index (χ3v) is 14.8. The Balaban J connectivity index is 1.05. The van der Waals surface area contributed by atoms with Gasteiger partial charge in [-0.2, -0.15) is 0 Å². The molecular weight excluding hydrogens is 943 g/mol. The van der Waals surface area contributed by atoms with Crippen molar-refractivity contribution < 1.29 is 60.2 Å². The number of benzene rings is 7. The molecule has 9 rings (SSSR count). The zero-order chi connectivity index (χ0) is 51.0. The van der Waals surface area contributed by atoms with Crippen LogP contribution in [0.25, 0.3) is 22.3 Å². The number of carbonyl (C=O) groups is 3. The summed E-state index contributed by atoms with van der Waals surface area (Å²) in [6.07, 6.45) is -0.135. The van der Waals surface area contributed by atoms with Crippen molar-refractivity contribution in [1.82, 2.24) is 0 Å². The van der Waals surface area contributed by atoms with Gasteiger partial charge in [-0.15, -0.1) is 0 Å². The third kappa shape index (κ3) is 11.4. The zero-order valence-electron chi connectivity index (χ0n) is 39.9. The average molecular weight is 995 g/mol. The summed E-state index contributed by atoms with van der Waals surface area (Å²) < 4.78 is 92.6. The molecule has 370 valence electrons. The summed E-state index contributed by atoms with van der Waals surface area (Å²) in [6.45, 7) is 7.46. The Kier molecular flexibility index (Phi) is 13.6. The topological polar surface area (TPSA) is 155 Å². The Labute approximate surface area is 415 Å². The quantitative estimate of drug-likeness (QED) is 0.0889. The molecule has 2 aliphatic rings. The van der Waals surface area contributed by atoms with E-state index in [0.717, 1.165) is 5.56 Å². The molecule has 0 aromatic heterocycles.